The predicted octanol–water partition coefficient (Wildman–Crippen LogP) is 2.86. The van der Waals surface area contributed by atoms with Crippen molar-refractivity contribution in [2.24, 2.45) is 0 Å². The molecule has 1 saturated heterocycles. The van der Waals surface area contributed by atoms with Crippen LogP contribution in [0.2, 0.25) is 0 Å². The van der Waals surface area contributed by atoms with Gasteiger partial charge in [-0.2, -0.15) is 23.5 Å². The molecule has 4 aromatic heterocycles. The number of carbonyl (C=O) groups excluding carboxylic acids is 1. The molecule has 0 atom stereocenters. The number of hydrogen-bond donors (Lipinski definition) is 1. The highest BCUT2D eigenvalue weighted by molar-refractivity contribution is 5.92. The lowest BCUT2D eigenvalue weighted by atomic mass is 9.70. The number of H-pyrrole nitrogens is 1. The molecule has 14 heteroatoms. The van der Waals surface area contributed by atoms with Crippen molar-refractivity contribution in [1.29, 1.82) is 5.26 Å². The minimum atomic E-state index is -4.67. The van der Waals surface area contributed by atoms with Crippen molar-refractivity contribution >= 4 is 16.9 Å². The molecule has 11 nitrogen and oxygen atoms in total. The Balaban J connectivity index is 1.11. The number of alkyl halides is 3. The molecule has 0 spiro atoms. The lowest BCUT2D eigenvalue weighted by molar-refractivity contribution is -0.141. The van der Waals surface area contributed by atoms with Crippen molar-refractivity contribution in [1.82, 2.24) is 44.5 Å². The molecule has 1 amide bonds. The van der Waals surface area contributed by atoms with Crippen LogP contribution in [0.1, 0.15) is 35.4 Å². The van der Waals surface area contributed by atoms with Gasteiger partial charge in [0, 0.05) is 55.6 Å². The van der Waals surface area contributed by atoms with Crippen molar-refractivity contribution in [3.63, 3.8) is 0 Å². The number of halogens is 3. The van der Waals surface area contributed by atoms with Crippen LogP contribution < -0.4 is 0 Å². The monoisotopic (exact) mass is 536 g/mol. The second-order valence-corrected chi connectivity index (χ2v) is 9.87. The number of carbonyl (C=O) groups is 1. The summed E-state index contributed by atoms with van der Waals surface area (Å²) in [5.74, 6) is -0.564. The van der Waals surface area contributed by atoms with Crippen LogP contribution in [0.5, 0.6) is 0 Å². The number of aromatic nitrogens is 7. The molecule has 2 aliphatic rings. The van der Waals surface area contributed by atoms with Gasteiger partial charge in [-0.15, -0.1) is 0 Å². The summed E-state index contributed by atoms with van der Waals surface area (Å²) in [6.07, 6.45) is 5.73. The predicted molar refractivity (Wildman–Crippen MR) is 131 cm³/mol. The Labute approximate surface area is 220 Å². The topological polar surface area (TPSA) is 133 Å². The molecule has 6 rings (SSSR count). The van der Waals surface area contributed by atoms with Crippen molar-refractivity contribution in [2.45, 2.75) is 37.0 Å². The lowest BCUT2D eigenvalue weighted by Gasteiger charge is -2.52. The maximum Gasteiger partial charge on any atom is 0.434 e. The first-order chi connectivity index (χ1) is 18.8. The van der Waals surface area contributed by atoms with E-state index in [9.17, 15) is 23.2 Å². The number of nitrogens with one attached hydrogen (secondary N) is 1. The van der Waals surface area contributed by atoms with Crippen molar-refractivity contribution < 1.29 is 18.0 Å². The molecule has 0 unspecified atom stereocenters. The van der Waals surface area contributed by atoms with E-state index in [1.54, 1.807) is 12.4 Å². The van der Waals surface area contributed by atoms with Gasteiger partial charge in [-0.3, -0.25) is 19.4 Å². The van der Waals surface area contributed by atoms with Crippen molar-refractivity contribution in [2.75, 3.05) is 26.2 Å². The van der Waals surface area contributed by atoms with Gasteiger partial charge < -0.3 is 9.88 Å². The number of nitrogens with zero attached hydrogens (tertiary/aromatic N) is 9. The van der Waals surface area contributed by atoms with E-state index < -0.39 is 23.3 Å². The first kappa shape index (κ1) is 24.9. The van der Waals surface area contributed by atoms with Gasteiger partial charge >= 0.3 is 6.18 Å². The van der Waals surface area contributed by atoms with Crippen LogP contribution >= 0.6 is 0 Å². The number of rotatable bonds is 5. The summed E-state index contributed by atoms with van der Waals surface area (Å²) >= 11 is 0. The van der Waals surface area contributed by atoms with Crippen molar-refractivity contribution in [3.05, 3.63) is 54.8 Å². The van der Waals surface area contributed by atoms with Gasteiger partial charge in [0.1, 0.15) is 17.7 Å². The van der Waals surface area contributed by atoms with Gasteiger partial charge in [0.25, 0.3) is 5.91 Å². The lowest BCUT2D eigenvalue weighted by Crippen LogP contribution is -2.60. The zero-order chi connectivity index (χ0) is 27.2. The van der Waals surface area contributed by atoms with Gasteiger partial charge in [0.05, 0.1) is 42.3 Å². The highest BCUT2D eigenvalue weighted by Gasteiger charge is 2.49. The van der Waals surface area contributed by atoms with E-state index >= 15 is 0 Å². The van der Waals surface area contributed by atoms with E-state index in [0.29, 0.717) is 38.8 Å². The standard InChI is InChI=1S/C25H23F3N10O/c26-25(27,28)20-13-30-12-19(35-20)23(39)37-7-5-36(6-8-37)17-9-24(10-17,2-3-29)38-14-16(11-34-38)21-18-1-4-31-22(18)33-15-32-21/h1,4,11-15,17H,2,5-10H2,(H,31,32,33)/t17-,24-. The van der Waals surface area contributed by atoms with E-state index in [1.807, 2.05) is 16.9 Å². The van der Waals surface area contributed by atoms with Gasteiger partial charge in [-0.25, -0.2) is 15.0 Å². The molecule has 0 radical (unpaired) electrons. The number of aromatic amines is 1. The average Bonchev–Trinajstić information content (AvgIpc) is 3.60. The highest BCUT2D eigenvalue weighted by Crippen LogP contribution is 2.45. The number of amides is 1. The molecule has 0 aromatic carbocycles. The maximum absolute atomic E-state index is 13.0. The summed E-state index contributed by atoms with van der Waals surface area (Å²) in [7, 11) is 0. The highest BCUT2D eigenvalue weighted by atomic mass is 19.4. The van der Waals surface area contributed by atoms with Crippen LogP contribution in [-0.4, -0.2) is 82.6 Å². The van der Waals surface area contributed by atoms with Gasteiger partial charge in [0.15, 0.2) is 5.69 Å². The second-order valence-electron chi connectivity index (χ2n) is 9.87. The molecule has 4 aromatic rings. The Morgan fingerprint density at radius 1 is 1.15 bits per heavy atom. The number of fused-ring (bicyclic) bond motifs is 1. The molecular formula is C25H23F3N10O. The quantitative estimate of drug-likeness (QED) is 0.412. The third-order valence-electron chi connectivity index (χ3n) is 7.60. The zero-order valence-corrected chi connectivity index (χ0v) is 20.6. The Morgan fingerprint density at radius 2 is 1.95 bits per heavy atom. The van der Waals surface area contributed by atoms with Crippen LogP contribution in [0.4, 0.5) is 13.2 Å². The summed E-state index contributed by atoms with van der Waals surface area (Å²) < 4.78 is 40.8. The van der Waals surface area contributed by atoms with E-state index in [1.165, 1.54) is 11.2 Å². The largest absolute Gasteiger partial charge is 0.434 e. The van der Waals surface area contributed by atoms with Gasteiger partial charge in [-0.1, -0.05) is 0 Å². The van der Waals surface area contributed by atoms with Crippen LogP contribution in [0.25, 0.3) is 22.3 Å². The molecule has 200 valence electrons. The van der Waals surface area contributed by atoms with Crippen LogP contribution in [0.15, 0.2) is 43.4 Å². The number of nitriles is 1. The fraction of sp³-hybridized carbons (Fsp3) is 0.400. The molecule has 1 saturated carbocycles. The third-order valence-corrected chi connectivity index (χ3v) is 7.60. The Morgan fingerprint density at radius 3 is 2.69 bits per heavy atom. The summed E-state index contributed by atoms with van der Waals surface area (Å²) in [5.41, 5.74) is 0.400. The first-order valence-corrected chi connectivity index (χ1v) is 12.4. The third kappa shape index (κ3) is 4.48. The van der Waals surface area contributed by atoms with E-state index in [4.69, 9.17) is 0 Å². The molecule has 1 aliphatic carbocycles. The fourth-order valence-electron chi connectivity index (χ4n) is 5.50. The van der Waals surface area contributed by atoms with Gasteiger partial charge in [-0.05, 0) is 18.9 Å². The Bertz CT molecular complexity index is 1560. The molecule has 1 aliphatic heterocycles. The van der Waals surface area contributed by atoms with E-state index in [0.717, 1.165) is 41.3 Å². The first-order valence-electron chi connectivity index (χ1n) is 12.4. The zero-order valence-electron chi connectivity index (χ0n) is 20.6. The minimum Gasteiger partial charge on any atom is -0.346 e. The molecule has 1 N–H and O–H groups in total. The normalized spacial score (nSPS) is 22.0. The second kappa shape index (κ2) is 9.42. The van der Waals surface area contributed by atoms with Crippen molar-refractivity contribution in [3.8, 4) is 17.3 Å². The number of hydrogen-bond acceptors (Lipinski definition) is 8. The smallest absolute Gasteiger partial charge is 0.346 e. The Kier molecular flexibility index (Phi) is 6.02. The molecule has 2 fully saturated rings. The molecular weight excluding hydrogens is 513 g/mol. The van der Waals surface area contributed by atoms with E-state index in [-0.39, 0.29) is 11.7 Å². The minimum absolute atomic E-state index is 0.201. The Hall–Kier alpha value is -4.38. The summed E-state index contributed by atoms with van der Waals surface area (Å²) in [5, 5.41) is 15.1. The van der Waals surface area contributed by atoms with Crippen LogP contribution in [0.3, 0.4) is 0 Å². The molecule has 5 heterocycles. The van der Waals surface area contributed by atoms with Gasteiger partial charge in [0.2, 0.25) is 0 Å². The summed E-state index contributed by atoms with van der Waals surface area (Å²) in [6, 6.07) is 4.42. The van der Waals surface area contributed by atoms with Crippen LogP contribution in [-0.2, 0) is 11.7 Å². The SMILES string of the molecule is N#CC[C@]1(n2cc(-c3ncnc4[nH]ccc34)cn2)C[C@H](N2CCN(C(=O)c3cncc(C(F)(F)F)n3)CC2)C1. The van der Waals surface area contributed by atoms with E-state index in [2.05, 4.69) is 41.0 Å². The average molecular weight is 537 g/mol. The summed E-state index contributed by atoms with van der Waals surface area (Å²) in [6.45, 7) is 1.87. The number of piperazine rings is 1. The molecule has 0 bridgehead atoms. The maximum atomic E-state index is 13.0. The summed E-state index contributed by atoms with van der Waals surface area (Å²) in [4.78, 5) is 35.3. The molecule has 39 heavy (non-hydrogen) atoms. The fourth-order valence-corrected chi connectivity index (χ4v) is 5.50. The van der Waals surface area contributed by atoms with Crippen LogP contribution in [0, 0.1) is 11.3 Å².